The number of hydrogen-bond donors (Lipinski definition) is 2. The van der Waals surface area contributed by atoms with E-state index in [1.165, 1.54) is 0 Å². The smallest absolute Gasteiger partial charge is 0.317 e. The number of nitrogens with zero attached hydrogens (tertiary/aromatic N) is 3. The lowest BCUT2D eigenvalue weighted by molar-refractivity contribution is 0.0880. The Kier molecular flexibility index (Phi) is 5.10. The van der Waals surface area contributed by atoms with Gasteiger partial charge in [0.2, 0.25) is 0 Å². The molecule has 0 aliphatic heterocycles. The molecule has 0 bridgehead atoms. The first-order valence-electron chi connectivity index (χ1n) is 9.46. The van der Waals surface area contributed by atoms with Crippen LogP contribution in [0, 0.1) is 13.8 Å². The zero-order valence-electron chi connectivity index (χ0n) is 15.9. The highest BCUT2D eigenvalue weighted by Crippen LogP contribution is 2.23. The van der Waals surface area contributed by atoms with Gasteiger partial charge in [-0.2, -0.15) is 5.10 Å². The number of rotatable bonds is 5. The van der Waals surface area contributed by atoms with Crippen molar-refractivity contribution in [2.24, 2.45) is 0 Å². The number of amides is 1. The highest BCUT2D eigenvalue weighted by molar-refractivity contribution is 5.93. The standard InChI is InChI=1S/C20H23N5O3/c1-12-10-13(2)22-20(21-12)28-15-7-5-14(6-8-15)23-19(26)17-11-16(24-25-17)18-4-3-9-27-18/h3-4,9-11,14-15H,5-8H2,1-2H3,(H,23,26)(H,24,25). The monoisotopic (exact) mass is 381 g/mol. The zero-order chi connectivity index (χ0) is 19.5. The SMILES string of the molecule is Cc1cc(C)nc(OC2CCC(NC(=O)c3cc(-c4ccco4)[nH]n3)CC2)n1. The number of H-pyrrole nitrogens is 1. The van der Waals surface area contributed by atoms with E-state index in [1.54, 1.807) is 18.4 Å². The van der Waals surface area contributed by atoms with Crippen LogP contribution in [0.25, 0.3) is 11.5 Å². The number of nitrogens with one attached hydrogen (secondary N) is 2. The maximum Gasteiger partial charge on any atom is 0.317 e. The largest absolute Gasteiger partial charge is 0.463 e. The van der Waals surface area contributed by atoms with Gasteiger partial charge < -0.3 is 14.5 Å². The van der Waals surface area contributed by atoms with E-state index >= 15 is 0 Å². The molecule has 8 heteroatoms. The second-order valence-electron chi connectivity index (χ2n) is 7.14. The summed E-state index contributed by atoms with van der Waals surface area (Å²) >= 11 is 0. The molecule has 0 spiro atoms. The second-order valence-corrected chi connectivity index (χ2v) is 7.14. The van der Waals surface area contributed by atoms with Crippen LogP contribution < -0.4 is 10.1 Å². The van der Waals surface area contributed by atoms with E-state index in [0.29, 0.717) is 23.2 Å². The quantitative estimate of drug-likeness (QED) is 0.703. The number of aryl methyl sites for hydroxylation is 2. The molecule has 1 aliphatic carbocycles. The van der Waals surface area contributed by atoms with Crippen LogP contribution in [0.5, 0.6) is 6.01 Å². The molecule has 1 fully saturated rings. The van der Waals surface area contributed by atoms with Gasteiger partial charge in [0.05, 0.1) is 6.26 Å². The molecule has 146 valence electrons. The van der Waals surface area contributed by atoms with E-state index in [-0.39, 0.29) is 18.1 Å². The highest BCUT2D eigenvalue weighted by atomic mass is 16.5. The fraction of sp³-hybridized carbons (Fsp3) is 0.400. The van der Waals surface area contributed by atoms with Gasteiger partial charge in [-0.1, -0.05) is 0 Å². The van der Waals surface area contributed by atoms with E-state index in [1.807, 2.05) is 26.0 Å². The molecule has 0 aromatic carbocycles. The molecule has 1 amide bonds. The minimum atomic E-state index is -0.184. The summed E-state index contributed by atoms with van der Waals surface area (Å²) < 4.78 is 11.2. The van der Waals surface area contributed by atoms with E-state index in [4.69, 9.17) is 9.15 Å². The average Bonchev–Trinajstić information content (AvgIpc) is 3.34. The summed E-state index contributed by atoms with van der Waals surface area (Å²) in [6.45, 7) is 3.86. The molecule has 0 atom stereocenters. The Morgan fingerprint density at radius 1 is 1.18 bits per heavy atom. The Labute approximate surface area is 162 Å². The van der Waals surface area contributed by atoms with Gasteiger partial charge in [-0.15, -0.1) is 0 Å². The van der Waals surface area contributed by atoms with Crippen molar-refractivity contribution in [3.8, 4) is 17.5 Å². The van der Waals surface area contributed by atoms with E-state index < -0.39 is 0 Å². The van der Waals surface area contributed by atoms with Gasteiger partial charge in [0, 0.05) is 23.5 Å². The van der Waals surface area contributed by atoms with Crippen LogP contribution >= 0.6 is 0 Å². The van der Waals surface area contributed by atoms with Crippen LogP contribution in [0.1, 0.15) is 47.6 Å². The second kappa shape index (κ2) is 7.84. The number of aromatic nitrogens is 4. The molecule has 0 radical (unpaired) electrons. The number of ether oxygens (including phenoxy) is 1. The Morgan fingerprint density at radius 3 is 2.61 bits per heavy atom. The van der Waals surface area contributed by atoms with Crippen molar-refractivity contribution in [2.75, 3.05) is 0 Å². The summed E-state index contributed by atoms with van der Waals surface area (Å²) in [6, 6.07) is 7.77. The lowest BCUT2D eigenvalue weighted by Crippen LogP contribution is -2.40. The van der Waals surface area contributed by atoms with Gasteiger partial charge in [-0.3, -0.25) is 9.89 Å². The lowest BCUT2D eigenvalue weighted by atomic mass is 9.93. The zero-order valence-corrected chi connectivity index (χ0v) is 15.9. The summed E-state index contributed by atoms with van der Waals surface area (Å²) in [7, 11) is 0. The molecule has 3 aromatic heterocycles. The third-order valence-electron chi connectivity index (χ3n) is 4.84. The van der Waals surface area contributed by atoms with Crippen LogP contribution in [0.15, 0.2) is 34.9 Å². The maximum absolute atomic E-state index is 12.5. The third-order valence-corrected chi connectivity index (χ3v) is 4.84. The Hall–Kier alpha value is -3.16. The van der Waals surface area contributed by atoms with E-state index in [2.05, 4.69) is 25.5 Å². The van der Waals surface area contributed by atoms with Crippen molar-refractivity contribution in [1.82, 2.24) is 25.5 Å². The van der Waals surface area contributed by atoms with Crippen molar-refractivity contribution in [3.63, 3.8) is 0 Å². The molecule has 1 aliphatic rings. The van der Waals surface area contributed by atoms with Gasteiger partial charge in [-0.25, -0.2) is 9.97 Å². The van der Waals surface area contributed by atoms with Crippen molar-refractivity contribution < 1.29 is 13.9 Å². The molecule has 3 heterocycles. The van der Waals surface area contributed by atoms with Crippen LogP contribution in [-0.2, 0) is 0 Å². The summed E-state index contributed by atoms with van der Waals surface area (Å²) in [6.07, 6.45) is 5.04. The fourth-order valence-electron chi connectivity index (χ4n) is 3.48. The van der Waals surface area contributed by atoms with Crippen molar-refractivity contribution in [2.45, 2.75) is 51.7 Å². The molecule has 0 saturated heterocycles. The number of carbonyl (C=O) groups excluding carboxylic acids is 1. The van der Waals surface area contributed by atoms with E-state index in [9.17, 15) is 4.79 Å². The molecule has 2 N–H and O–H groups in total. The molecular formula is C20H23N5O3. The Balaban J connectivity index is 1.29. The molecule has 3 aromatic rings. The van der Waals surface area contributed by atoms with Gasteiger partial charge >= 0.3 is 6.01 Å². The van der Waals surface area contributed by atoms with Crippen LogP contribution in [0.3, 0.4) is 0 Å². The van der Waals surface area contributed by atoms with E-state index in [0.717, 1.165) is 37.1 Å². The van der Waals surface area contributed by atoms with Gasteiger partial charge in [0.1, 0.15) is 11.8 Å². The summed E-state index contributed by atoms with van der Waals surface area (Å²) in [5.41, 5.74) is 2.84. The Bertz CT molecular complexity index is 922. The third kappa shape index (κ3) is 4.21. The first-order valence-corrected chi connectivity index (χ1v) is 9.46. The van der Waals surface area contributed by atoms with Crippen molar-refractivity contribution >= 4 is 5.91 Å². The predicted molar refractivity (Wildman–Crippen MR) is 102 cm³/mol. The van der Waals surface area contributed by atoms with Gasteiger partial charge in [0.15, 0.2) is 11.5 Å². The van der Waals surface area contributed by atoms with Crippen LogP contribution in [0.4, 0.5) is 0 Å². The maximum atomic E-state index is 12.5. The topological polar surface area (TPSA) is 106 Å². The first-order chi connectivity index (χ1) is 13.6. The molecule has 28 heavy (non-hydrogen) atoms. The summed E-state index contributed by atoms with van der Waals surface area (Å²) in [5, 5.41) is 9.98. The van der Waals surface area contributed by atoms with Crippen LogP contribution in [-0.4, -0.2) is 38.2 Å². The van der Waals surface area contributed by atoms with Crippen molar-refractivity contribution in [3.05, 3.63) is 47.6 Å². The highest BCUT2D eigenvalue weighted by Gasteiger charge is 2.25. The predicted octanol–water partition coefficient (Wildman–Crippen LogP) is 3.20. The van der Waals surface area contributed by atoms with Crippen molar-refractivity contribution in [1.29, 1.82) is 0 Å². The summed E-state index contributed by atoms with van der Waals surface area (Å²) in [5.74, 6) is 0.467. The molecular weight excluding hydrogens is 358 g/mol. The van der Waals surface area contributed by atoms with Crippen LogP contribution in [0.2, 0.25) is 0 Å². The number of carbonyl (C=O) groups is 1. The molecule has 8 nitrogen and oxygen atoms in total. The lowest BCUT2D eigenvalue weighted by Gasteiger charge is -2.28. The average molecular weight is 381 g/mol. The number of hydrogen-bond acceptors (Lipinski definition) is 6. The minimum absolute atomic E-state index is 0.0743. The molecule has 4 rings (SSSR count). The minimum Gasteiger partial charge on any atom is -0.463 e. The Morgan fingerprint density at radius 2 is 1.93 bits per heavy atom. The fourth-order valence-corrected chi connectivity index (χ4v) is 3.48. The summed E-state index contributed by atoms with van der Waals surface area (Å²) in [4.78, 5) is 21.1. The van der Waals surface area contributed by atoms with Gasteiger partial charge in [-0.05, 0) is 57.7 Å². The van der Waals surface area contributed by atoms with Gasteiger partial charge in [0.25, 0.3) is 5.91 Å². The number of furan rings is 1. The normalized spacial score (nSPS) is 19.4. The number of aromatic amines is 1. The molecule has 0 unspecified atom stereocenters. The molecule has 1 saturated carbocycles. The first kappa shape index (κ1) is 18.2.